The number of fused-ring (bicyclic) bond motifs is 1. The minimum absolute atomic E-state index is 0.235. The van der Waals surface area contributed by atoms with Crippen LogP contribution in [0.15, 0.2) is 47.1 Å². The standard InChI is InChI=1S/C27H42O3/c1-18(8-6-14-26(3,4)30)23-12-13-24-20(9-7-15-27(23,24)5)10-11-21-16-22(28)17-25(29)19(21)2/h10-12,18,22,24-25,28-30H,2,6-9,13-17H2,1,3-5H3/b20-10+,21-11-/t18-,22+,24?,25-,27?/m0/s1. The molecule has 5 atom stereocenters. The van der Waals surface area contributed by atoms with Gasteiger partial charge in [-0.2, -0.15) is 0 Å². The van der Waals surface area contributed by atoms with Gasteiger partial charge in [-0.15, -0.1) is 0 Å². The summed E-state index contributed by atoms with van der Waals surface area (Å²) in [5.41, 5.74) is 4.55. The molecule has 2 fully saturated rings. The first-order chi connectivity index (χ1) is 14.0. The third kappa shape index (κ3) is 5.18. The summed E-state index contributed by atoms with van der Waals surface area (Å²) in [5.74, 6) is 1.12. The minimum atomic E-state index is -0.625. The summed E-state index contributed by atoms with van der Waals surface area (Å²) in [6, 6.07) is 0. The molecule has 0 aliphatic heterocycles. The lowest BCUT2D eigenvalue weighted by atomic mass is 9.62. The van der Waals surface area contributed by atoms with Crippen molar-refractivity contribution in [1.82, 2.24) is 0 Å². The van der Waals surface area contributed by atoms with Crippen LogP contribution >= 0.6 is 0 Å². The number of rotatable bonds is 6. The molecule has 3 aliphatic rings. The largest absolute Gasteiger partial charge is 0.393 e. The fourth-order valence-corrected chi connectivity index (χ4v) is 6.08. The Morgan fingerprint density at radius 2 is 2.03 bits per heavy atom. The van der Waals surface area contributed by atoms with E-state index in [4.69, 9.17) is 0 Å². The molecule has 0 spiro atoms. The lowest BCUT2D eigenvalue weighted by molar-refractivity contribution is 0.0670. The van der Waals surface area contributed by atoms with Crippen molar-refractivity contribution in [3.8, 4) is 0 Å². The Labute approximate surface area is 183 Å². The van der Waals surface area contributed by atoms with Crippen LogP contribution in [-0.4, -0.2) is 33.1 Å². The van der Waals surface area contributed by atoms with Crippen molar-refractivity contribution >= 4 is 0 Å². The first kappa shape index (κ1) is 23.5. The number of hydrogen-bond donors (Lipinski definition) is 3. The van der Waals surface area contributed by atoms with Crippen LogP contribution in [0.1, 0.15) is 85.5 Å². The molecule has 2 unspecified atom stereocenters. The second-order valence-electron chi connectivity index (χ2n) is 10.9. The SMILES string of the molecule is C=C1/C(=C\C=C2/CCCC3(C)C([C@@H](C)CCCC(C)(C)O)=CCC23)C[C@@H](O)C[C@@H]1O. The molecule has 0 aromatic carbocycles. The normalized spacial score (nSPS) is 36.2. The molecular weight excluding hydrogens is 372 g/mol. The van der Waals surface area contributed by atoms with E-state index in [0.717, 1.165) is 43.3 Å². The van der Waals surface area contributed by atoms with Gasteiger partial charge in [-0.05, 0) is 87.2 Å². The highest BCUT2D eigenvalue weighted by Gasteiger charge is 2.45. The fourth-order valence-electron chi connectivity index (χ4n) is 6.08. The molecule has 0 aromatic rings. The van der Waals surface area contributed by atoms with Crippen LogP contribution in [-0.2, 0) is 0 Å². The van der Waals surface area contributed by atoms with E-state index in [0.29, 0.717) is 24.7 Å². The van der Waals surface area contributed by atoms with Crippen molar-refractivity contribution in [1.29, 1.82) is 0 Å². The van der Waals surface area contributed by atoms with Gasteiger partial charge in [0, 0.05) is 6.42 Å². The van der Waals surface area contributed by atoms with E-state index in [1.807, 2.05) is 13.8 Å². The predicted molar refractivity (Wildman–Crippen MR) is 124 cm³/mol. The van der Waals surface area contributed by atoms with Gasteiger partial charge in [-0.1, -0.05) is 56.2 Å². The summed E-state index contributed by atoms with van der Waals surface area (Å²) in [6.45, 7) is 12.7. The molecule has 168 valence electrons. The van der Waals surface area contributed by atoms with Gasteiger partial charge in [-0.25, -0.2) is 0 Å². The van der Waals surface area contributed by atoms with Crippen molar-refractivity contribution in [2.45, 2.75) is 103 Å². The average Bonchev–Trinajstić information content (AvgIpc) is 3.00. The maximum Gasteiger partial charge on any atom is 0.0811 e. The Balaban J connectivity index is 1.71. The molecule has 3 heteroatoms. The molecule has 0 amide bonds. The van der Waals surface area contributed by atoms with Crippen LogP contribution in [0.5, 0.6) is 0 Å². The van der Waals surface area contributed by atoms with E-state index in [1.165, 1.54) is 18.4 Å². The van der Waals surface area contributed by atoms with Crippen molar-refractivity contribution in [3.05, 3.63) is 47.1 Å². The van der Waals surface area contributed by atoms with Crippen LogP contribution < -0.4 is 0 Å². The Morgan fingerprint density at radius 1 is 1.30 bits per heavy atom. The highest BCUT2D eigenvalue weighted by atomic mass is 16.3. The summed E-state index contributed by atoms with van der Waals surface area (Å²) in [5, 5.41) is 30.2. The average molecular weight is 415 g/mol. The highest BCUT2D eigenvalue weighted by molar-refractivity contribution is 5.40. The quantitative estimate of drug-likeness (QED) is 0.494. The molecule has 3 aliphatic carbocycles. The molecule has 3 rings (SSSR count). The van der Waals surface area contributed by atoms with Crippen LogP contribution in [0, 0.1) is 17.3 Å². The fraction of sp³-hybridized carbons (Fsp3) is 0.704. The Bertz CT molecular complexity index is 736. The van der Waals surface area contributed by atoms with Crippen molar-refractivity contribution < 1.29 is 15.3 Å². The van der Waals surface area contributed by atoms with Crippen molar-refractivity contribution in [2.24, 2.45) is 17.3 Å². The zero-order valence-corrected chi connectivity index (χ0v) is 19.5. The molecule has 2 saturated carbocycles. The van der Waals surface area contributed by atoms with Gasteiger partial charge in [0.2, 0.25) is 0 Å². The number of allylic oxidation sites excluding steroid dienone is 5. The summed E-state index contributed by atoms with van der Waals surface area (Å²) < 4.78 is 0. The van der Waals surface area contributed by atoms with Gasteiger partial charge in [-0.3, -0.25) is 0 Å². The predicted octanol–water partition coefficient (Wildman–Crippen LogP) is 5.62. The second kappa shape index (κ2) is 9.14. The molecule has 0 saturated heterocycles. The Kier molecular flexibility index (Phi) is 7.16. The van der Waals surface area contributed by atoms with Crippen molar-refractivity contribution in [3.63, 3.8) is 0 Å². The molecule has 0 radical (unpaired) electrons. The summed E-state index contributed by atoms with van der Waals surface area (Å²) in [4.78, 5) is 0. The van der Waals surface area contributed by atoms with Gasteiger partial charge in [0.1, 0.15) is 0 Å². The maximum atomic E-state index is 10.1. The summed E-state index contributed by atoms with van der Waals surface area (Å²) in [6.07, 6.45) is 14.5. The van der Waals surface area contributed by atoms with E-state index >= 15 is 0 Å². The van der Waals surface area contributed by atoms with Crippen molar-refractivity contribution in [2.75, 3.05) is 0 Å². The topological polar surface area (TPSA) is 60.7 Å². The lowest BCUT2D eigenvalue weighted by Gasteiger charge is -2.42. The zero-order chi connectivity index (χ0) is 22.1. The smallest absolute Gasteiger partial charge is 0.0811 e. The van der Waals surface area contributed by atoms with Gasteiger partial charge >= 0.3 is 0 Å². The third-order valence-corrected chi connectivity index (χ3v) is 7.83. The minimum Gasteiger partial charge on any atom is -0.393 e. The van der Waals surface area contributed by atoms with E-state index in [-0.39, 0.29) is 5.41 Å². The monoisotopic (exact) mass is 414 g/mol. The van der Waals surface area contributed by atoms with Crippen LogP contribution in [0.4, 0.5) is 0 Å². The van der Waals surface area contributed by atoms with Gasteiger partial charge < -0.3 is 15.3 Å². The molecular formula is C27H42O3. The second-order valence-corrected chi connectivity index (χ2v) is 10.9. The van der Waals surface area contributed by atoms with Crippen LogP contribution in [0.25, 0.3) is 0 Å². The van der Waals surface area contributed by atoms with E-state index in [2.05, 4.69) is 38.7 Å². The molecule has 0 aromatic heterocycles. The zero-order valence-electron chi connectivity index (χ0n) is 19.5. The molecule has 3 nitrogen and oxygen atoms in total. The van der Waals surface area contributed by atoms with Crippen LogP contribution in [0.3, 0.4) is 0 Å². The van der Waals surface area contributed by atoms with Gasteiger partial charge in [0.15, 0.2) is 0 Å². The highest BCUT2D eigenvalue weighted by Crippen LogP contribution is 2.57. The summed E-state index contributed by atoms with van der Waals surface area (Å²) >= 11 is 0. The first-order valence-corrected chi connectivity index (χ1v) is 11.9. The van der Waals surface area contributed by atoms with E-state index < -0.39 is 17.8 Å². The number of hydrogen-bond acceptors (Lipinski definition) is 3. The van der Waals surface area contributed by atoms with E-state index in [9.17, 15) is 15.3 Å². The Morgan fingerprint density at radius 3 is 2.73 bits per heavy atom. The number of aliphatic hydroxyl groups excluding tert-OH is 2. The summed E-state index contributed by atoms with van der Waals surface area (Å²) in [7, 11) is 0. The van der Waals surface area contributed by atoms with Gasteiger partial charge in [0.25, 0.3) is 0 Å². The number of aliphatic hydroxyl groups is 3. The molecule has 3 N–H and O–H groups in total. The van der Waals surface area contributed by atoms with Gasteiger partial charge in [0.05, 0.1) is 17.8 Å². The molecule has 30 heavy (non-hydrogen) atoms. The van der Waals surface area contributed by atoms with E-state index in [1.54, 1.807) is 5.57 Å². The first-order valence-electron chi connectivity index (χ1n) is 11.9. The third-order valence-electron chi connectivity index (χ3n) is 7.83. The Hall–Kier alpha value is -1.16. The maximum absolute atomic E-state index is 10.1. The molecule has 0 heterocycles. The van der Waals surface area contributed by atoms with Crippen LogP contribution in [0.2, 0.25) is 0 Å². The lowest BCUT2D eigenvalue weighted by Crippen LogP contribution is -2.32. The molecule has 0 bridgehead atoms.